The second-order valence-corrected chi connectivity index (χ2v) is 2.48. The molecule has 2 atom stereocenters. The average Bonchev–Trinajstić information content (AvgIpc) is 2.12. The number of nitrogens with two attached hydrogens (primary N) is 1. The molecule has 1 unspecified atom stereocenters. The monoisotopic (exact) mass is 151 g/mol. The van der Waals surface area contributed by atoms with Crippen molar-refractivity contribution in [1.29, 1.82) is 0 Å². The Morgan fingerprint density at radius 3 is 2.56 bits per heavy atom. The first-order chi connectivity index (χ1) is 3.80. The third-order valence-corrected chi connectivity index (χ3v) is 1.71. The van der Waals surface area contributed by atoms with E-state index in [0.717, 1.165) is 19.6 Å². The van der Waals surface area contributed by atoms with E-state index < -0.39 is 0 Å². The van der Waals surface area contributed by atoms with Crippen molar-refractivity contribution in [3.63, 3.8) is 0 Å². The molecule has 0 aromatic rings. The molecule has 0 aromatic carbocycles. The number of halogens is 1. The largest absolute Gasteiger partial charge is 0.381 e. The lowest BCUT2D eigenvalue weighted by atomic mass is 10.0. The third kappa shape index (κ3) is 2.52. The molecule has 1 rings (SSSR count). The average molecular weight is 152 g/mol. The summed E-state index contributed by atoms with van der Waals surface area (Å²) in [6, 6.07) is 0.317. The van der Waals surface area contributed by atoms with Crippen LogP contribution in [0.4, 0.5) is 0 Å². The van der Waals surface area contributed by atoms with Crippen LogP contribution in [0.3, 0.4) is 0 Å². The van der Waals surface area contributed by atoms with Crippen LogP contribution in [0.5, 0.6) is 0 Å². The molecule has 0 aromatic heterocycles. The standard InChI is InChI=1S/C6H13NO.ClH/c1-5(7)6-2-3-8-4-6;/h5-6H,2-4,7H2,1H3;1H/t5-,6?;/m1./s1. The van der Waals surface area contributed by atoms with Crippen LogP contribution in [0.1, 0.15) is 13.3 Å². The number of rotatable bonds is 1. The van der Waals surface area contributed by atoms with Gasteiger partial charge in [-0.3, -0.25) is 0 Å². The zero-order valence-electron chi connectivity index (χ0n) is 5.67. The highest BCUT2D eigenvalue weighted by molar-refractivity contribution is 5.85. The van der Waals surface area contributed by atoms with Crippen molar-refractivity contribution in [3.05, 3.63) is 0 Å². The highest BCUT2D eigenvalue weighted by Gasteiger charge is 2.18. The number of hydrogen-bond donors (Lipinski definition) is 1. The second kappa shape index (κ2) is 4.09. The van der Waals surface area contributed by atoms with Crippen LogP contribution in [0.2, 0.25) is 0 Å². The molecule has 0 spiro atoms. The normalized spacial score (nSPS) is 29.3. The summed E-state index contributed by atoms with van der Waals surface area (Å²) in [5.74, 6) is 0.620. The van der Waals surface area contributed by atoms with Crippen LogP contribution in [-0.2, 0) is 4.74 Å². The van der Waals surface area contributed by atoms with Crippen LogP contribution in [-0.4, -0.2) is 19.3 Å². The Morgan fingerprint density at radius 1 is 1.67 bits per heavy atom. The molecule has 1 aliphatic heterocycles. The first-order valence-electron chi connectivity index (χ1n) is 3.14. The van der Waals surface area contributed by atoms with E-state index in [9.17, 15) is 0 Å². The van der Waals surface area contributed by atoms with Gasteiger partial charge in [-0.2, -0.15) is 0 Å². The molecule has 9 heavy (non-hydrogen) atoms. The van der Waals surface area contributed by atoms with E-state index >= 15 is 0 Å². The quantitative estimate of drug-likeness (QED) is 0.602. The molecule has 3 heteroatoms. The maximum Gasteiger partial charge on any atom is 0.0509 e. The van der Waals surface area contributed by atoms with Gasteiger partial charge in [0, 0.05) is 12.6 Å². The van der Waals surface area contributed by atoms with Crippen molar-refractivity contribution in [2.24, 2.45) is 11.7 Å². The molecule has 0 aliphatic carbocycles. The topological polar surface area (TPSA) is 35.2 Å². The van der Waals surface area contributed by atoms with E-state index in [0.29, 0.717) is 12.0 Å². The van der Waals surface area contributed by atoms with Gasteiger partial charge >= 0.3 is 0 Å². The molecule has 1 heterocycles. The maximum absolute atomic E-state index is 5.62. The van der Waals surface area contributed by atoms with Crippen molar-refractivity contribution in [2.75, 3.05) is 13.2 Å². The van der Waals surface area contributed by atoms with Gasteiger partial charge in [0.25, 0.3) is 0 Å². The first kappa shape index (κ1) is 9.21. The van der Waals surface area contributed by atoms with E-state index in [2.05, 4.69) is 0 Å². The number of hydrogen-bond acceptors (Lipinski definition) is 2. The van der Waals surface area contributed by atoms with Crippen LogP contribution < -0.4 is 5.73 Å². The molecule has 1 fully saturated rings. The zero-order chi connectivity index (χ0) is 5.98. The minimum Gasteiger partial charge on any atom is -0.381 e. The Hall–Kier alpha value is 0.210. The Kier molecular flexibility index (Phi) is 4.19. The minimum absolute atomic E-state index is 0. The van der Waals surface area contributed by atoms with Crippen LogP contribution in [0, 0.1) is 5.92 Å². The van der Waals surface area contributed by atoms with E-state index in [1.165, 1.54) is 0 Å². The van der Waals surface area contributed by atoms with Gasteiger partial charge in [0.05, 0.1) is 6.61 Å². The van der Waals surface area contributed by atoms with Gasteiger partial charge in [0.2, 0.25) is 0 Å². The van der Waals surface area contributed by atoms with Gasteiger partial charge in [0.1, 0.15) is 0 Å². The van der Waals surface area contributed by atoms with Crippen molar-refractivity contribution < 1.29 is 4.74 Å². The lowest BCUT2D eigenvalue weighted by Gasteiger charge is -2.09. The first-order valence-corrected chi connectivity index (χ1v) is 3.14. The van der Waals surface area contributed by atoms with Gasteiger partial charge < -0.3 is 10.5 Å². The Morgan fingerprint density at radius 2 is 2.33 bits per heavy atom. The van der Waals surface area contributed by atoms with E-state index in [1.807, 2.05) is 6.92 Å². The highest BCUT2D eigenvalue weighted by Crippen LogP contribution is 2.14. The molecule has 56 valence electrons. The molecule has 0 saturated carbocycles. The fourth-order valence-electron chi connectivity index (χ4n) is 0.967. The van der Waals surface area contributed by atoms with E-state index in [-0.39, 0.29) is 12.4 Å². The Balaban J connectivity index is 0.000000640. The second-order valence-electron chi connectivity index (χ2n) is 2.48. The summed E-state index contributed by atoms with van der Waals surface area (Å²) < 4.78 is 5.14. The van der Waals surface area contributed by atoms with Gasteiger partial charge in [-0.05, 0) is 19.3 Å². The van der Waals surface area contributed by atoms with Gasteiger partial charge in [-0.25, -0.2) is 0 Å². The predicted octanol–water partition coefficient (Wildman–Crippen LogP) is 0.792. The summed E-state index contributed by atoms with van der Waals surface area (Å²) in [6.07, 6.45) is 1.15. The molecule has 0 bridgehead atoms. The smallest absolute Gasteiger partial charge is 0.0509 e. The Labute approximate surface area is 62.2 Å². The van der Waals surface area contributed by atoms with Gasteiger partial charge in [-0.1, -0.05) is 0 Å². The van der Waals surface area contributed by atoms with Crippen molar-refractivity contribution >= 4 is 12.4 Å². The summed E-state index contributed by atoms with van der Waals surface area (Å²) in [7, 11) is 0. The lowest BCUT2D eigenvalue weighted by molar-refractivity contribution is 0.182. The lowest BCUT2D eigenvalue weighted by Crippen LogP contribution is -2.26. The van der Waals surface area contributed by atoms with Crippen LogP contribution in [0.25, 0.3) is 0 Å². The molecule has 1 aliphatic rings. The molecule has 2 nitrogen and oxygen atoms in total. The maximum atomic E-state index is 5.62. The highest BCUT2D eigenvalue weighted by atomic mass is 35.5. The molecular formula is C6H14ClNO. The van der Waals surface area contributed by atoms with Crippen molar-refractivity contribution in [1.82, 2.24) is 0 Å². The molecule has 0 amide bonds. The summed E-state index contributed by atoms with van der Waals surface area (Å²) >= 11 is 0. The third-order valence-electron chi connectivity index (χ3n) is 1.71. The van der Waals surface area contributed by atoms with Gasteiger partial charge in [-0.15, -0.1) is 12.4 Å². The molecule has 2 N–H and O–H groups in total. The molecule has 1 saturated heterocycles. The summed E-state index contributed by atoms with van der Waals surface area (Å²) in [5.41, 5.74) is 5.62. The van der Waals surface area contributed by atoms with Crippen molar-refractivity contribution in [3.8, 4) is 0 Å². The van der Waals surface area contributed by atoms with Crippen LogP contribution in [0.15, 0.2) is 0 Å². The summed E-state index contributed by atoms with van der Waals surface area (Å²) in [5, 5.41) is 0. The van der Waals surface area contributed by atoms with E-state index in [1.54, 1.807) is 0 Å². The summed E-state index contributed by atoms with van der Waals surface area (Å²) in [4.78, 5) is 0. The SMILES string of the molecule is C[C@@H](N)C1CCOC1.Cl. The zero-order valence-corrected chi connectivity index (χ0v) is 6.49. The summed E-state index contributed by atoms with van der Waals surface area (Å²) in [6.45, 7) is 3.82. The fraction of sp³-hybridized carbons (Fsp3) is 1.00. The van der Waals surface area contributed by atoms with Crippen LogP contribution >= 0.6 is 12.4 Å². The predicted molar refractivity (Wildman–Crippen MR) is 39.8 cm³/mol. The van der Waals surface area contributed by atoms with Gasteiger partial charge in [0.15, 0.2) is 0 Å². The minimum atomic E-state index is 0. The van der Waals surface area contributed by atoms with Crippen molar-refractivity contribution in [2.45, 2.75) is 19.4 Å². The van der Waals surface area contributed by atoms with E-state index in [4.69, 9.17) is 10.5 Å². The Bertz CT molecular complexity index is 71.5. The molecule has 0 radical (unpaired) electrons. The number of ether oxygens (including phenoxy) is 1. The fourth-order valence-corrected chi connectivity index (χ4v) is 0.967. The molecular weight excluding hydrogens is 138 g/mol.